The van der Waals surface area contributed by atoms with Gasteiger partial charge < -0.3 is 35.3 Å². The minimum Gasteiger partial charge on any atom is -0.494 e. The number of carbonyl (C=O) groups is 3. The van der Waals surface area contributed by atoms with Gasteiger partial charge in [-0.2, -0.15) is 4.98 Å². The van der Waals surface area contributed by atoms with Crippen LogP contribution in [0.5, 0.6) is 5.75 Å². The minimum absolute atomic E-state index is 0.0118. The van der Waals surface area contributed by atoms with Gasteiger partial charge >= 0.3 is 6.09 Å². The van der Waals surface area contributed by atoms with Gasteiger partial charge in [-0.05, 0) is 63.8 Å². The number of hydrogen-bond acceptors (Lipinski definition) is 10. The molecule has 0 atom stereocenters. The van der Waals surface area contributed by atoms with Crippen LogP contribution in [0, 0.1) is 5.92 Å². The molecule has 0 unspecified atom stereocenters. The van der Waals surface area contributed by atoms with E-state index < -0.39 is 22.5 Å². The Labute approximate surface area is 258 Å². The Morgan fingerprint density at radius 2 is 1.82 bits per heavy atom. The molecule has 1 aromatic carbocycles. The van der Waals surface area contributed by atoms with Gasteiger partial charge in [0.1, 0.15) is 40.5 Å². The van der Waals surface area contributed by atoms with Gasteiger partial charge in [-0.15, -0.1) is 0 Å². The lowest BCUT2D eigenvalue weighted by Crippen LogP contribution is -2.50. The summed E-state index contributed by atoms with van der Waals surface area (Å²) in [6.45, 7) is 5.38. The van der Waals surface area contributed by atoms with Gasteiger partial charge in [-0.25, -0.2) is 9.78 Å². The van der Waals surface area contributed by atoms with Crippen LogP contribution >= 0.6 is 0 Å². The van der Waals surface area contributed by atoms with Crippen molar-refractivity contribution >= 4 is 58.6 Å². The number of nitrogens with zero attached hydrogens (tertiary/aromatic N) is 3. The van der Waals surface area contributed by atoms with Gasteiger partial charge in [-0.1, -0.05) is 11.2 Å². The molecule has 3 amide bonds. The second kappa shape index (κ2) is 11.5. The summed E-state index contributed by atoms with van der Waals surface area (Å²) < 4.78 is 16.8. The summed E-state index contributed by atoms with van der Waals surface area (Å²) in [5.41, 5.74) is 0.291. The molecule has 0 saturated heterocycles. The average Bonchev–Trinajstić information content (AvgIpc) is 3.85. The fourth-order valence-electron chi connectivity index (χ4n) is 4.51. The first-order valence-corrected chi connectivity index (χ1v) is 14.6. The first kappa shape index (κ1) is 31.0. The zero-order valence-corrected chi connectivity index (χ0v) is 26.1. The first-order chi connectivity index (χ1) is 20.7. The normalized spacial score (nSPS) is 15.5. The van der Waals surface area contributed by atoms with Crippen LogP contribution in [0.1, 0.15) is 62.6 Å². The molecule has 13 nitrogen and oxygen atoms in total. The predicted molar refractivity (Wildman–Crippen MR) is 171 cm³/mol. The van der Waals surface area contributed by atoms with E-state index in [0.717, 1.165) is 12.8 Å². The molecular weight excluding hydrogens is 563 g/mol. The number of nitrogens with one attached hydrogen (secondary N) is 4. The number of alkyl carbamates (subject to hydrolysis) is 1. The van der Waals surface area contributed by atoms with Gasteiger partial charge in [0, 0.05) is 18.2 Å². The molecule has 16 heteroatoms. The van der Waals surface area contributed by atoms with E-state index in [-0.39, 0.29) is 29.2 Å². The summed E-state index contributed by atoms with van der Waals surface area (Å²) in [6, 6.07) is 6.94. The van der Waals surface area contributed by atoms with E-state index in [2.05, 4.69) is 36.4 Å². The summed E-state index contributed by atoms with van der Waals surface area (Å²) >= 11 is 0. The molecule has 5 rings (SSSR count). The molecular formula is C28H36B3N7O6. The summed E-state index contributed by atoms with van der Waals surface area (Å²) in [6.07, 6.45) is 3.86. The Balaban J connectivity index is 1.44. The molecule has 0 bridgehead atoms. The standard InChI is InChI=1S/C28H36B3N7O6/c1-26(2,3)43-25(41)37-27(10-11-27)24-35-23(44-38-24)15-6-5-7-17(20(15)42-4)33-18-12-19(34-21(39)14-8-9-14)32-13-16(18)22(40)36-28(29,30)31/h5-7,12-14H,8-11,29-31H2,1-4H3,(H,36,40)(H,37,41)(H2,32,33,34,39). The lowest BCUT2D eigenvalue weighted by Gasteiger charge is -2.22. The van der Waals surface area contributed by atoms with Crippen molar-refractivity contribution in [2.45, 2.75) is 62.8 Å². The van der Waals surface area contributed by atoms with Crippen molar-refractivity contribution in [3.63, 3.8) is 0 Å². The highest BCUT2D eigenvalue weighted by atomic mass is 16.6. The van der Waals surface area contributed by atoms with Gasteiger partial charge in [0.25, 0.3) is 11.8 Å². The van der Waals surface area contributed by atoms with Crippen molar-refractivity contribution in [3.8, 4) is 17.2 Å². The van der Waals surface area contributed by atoms with E-state index in [1.807, 2.05) is 23.5 Å². The fraction of sp³-hybridized carbons (Fsp3) is 0.429. The molecule has 0 aliphatic heterocycles. The number of rotatable bonds is 10. The Hall–Kier alpha value is -4.49. The summed E-state index contributed by atoms with van der Waals surface area (Å²) in [4.78, 5) is 47.0. The number of methoxy groups -OCH3 is 1. The van der Waals surface area contributed by atoms with Crippen molar-refractivity contribution in [2.75, 3.05) is 17.7 Å². The molecule has 2 aromatic heterocycles. The lowest BCUT2D eigenvalue weighted by atomic mass is 9.49. The molecule has 44 heavy (non-hydrogen) atoms. The number of amides is 3. The molecule has 2 saturated carbocycles. The molecule has 228 valence electrons. The summed E-state index contributed by atoms with van der Waals surface area (Å²) in [7, 11) is 7.16. The van der Waals surface area contributed by atoms with Crippen LogP contribution in [0.2, 0.25) is 0 Å². The van der Waals surface area contributed by atoms with Gasteiger partial charge in [-0.3, -0.25) is 9.59 Å². The second-order valence-electron chi connectivity index (χ2n) is 13.2. The number of para-hydroxylation sites is 1. The number of anilines is 3. The number of pyridine rings is 1. The van der Waals surface area contributed by atoms with Crippen LogP contribution in [-0.4, -0.2) is 74.5 Å². The maximum Gasteiger partial charge on any atom is 0.408 e. The number of hydrogen-bond donors (Lipinski definition) is 4. The highest BCUT2D eigenvalue weighted by molar-refractivity contribution is 6.60. The quantitative estimate of drug-likeness (QED) is 0.247. The van der Waals surface area contributed by atoms with Crippen LogP contribution in [0.4, 0.5) is 22.0 Å². The van der Waals surface area contributed by atoms with Crippen molar-refractivity contribution in [2.24, 2.45) is 5.92 Å². The third kappa shape index (κ3) is 7.35. The van der Waals surface area contributed by atoms with E-state index in [1.54, 1.807) is 45.0 Å². The Kier molecular flexibility index (Phi) is 8.12. The van der Waals surface area contributed by atoms with Crippen LogP contribution < -0.4 is 26.0 Å². The van der Waals surface area contributed by atoms with Gasteiger partial charge in [0.15, 0.2) is 11.6 Å². The highest BCUT2D eigenvalue weighted by Gasteiger charge is 2.51. The van der Waals surface area contributed by atoms with E-state index in [4.69, 9.17) is 14.0 Å². The number of carbonyl (C=O) groups excluding carboxylic acids is 3. The van der Waals surface area contributed by atoms with Crippen molar-refractivity contribution in [1.82, 2.24) is 25.8 Å². The maximum absolute atomic E-state index is 13.2. The maximum atomic E-state index is 13.2. The zero-order valence-electron chi connectivity index (χ0n) is 26.1. The molecule has 2 fully saturated rings. The van der Waals surface area contributed by atoms with Gasteiger partial charge in [0.2, 0.25) is 5.91 Å². The zero-order chi connectivity index (χ0) is 31.9. The molecule has 3 aromatic rings. The average molecular weight is 599 g/mol. The largest absolute Gasteiger partial charge is 0.494 e. The van der Waals surface area contributed by atoms with Gasteiger partial charge in [0.05, 0.1) is 29.6 Å². The van der Waals surface area contributed by atoms with E-state index in [9.17, 15) is 14.4 Å². The predicted octanol–water partition coefficient (Wildman–Crippen LogP) is 0.986. The second-order valence-corrected chi connectivity index (χ2v) is 13.2. The third-order valence-corrected chi connectivity index (χ3v) is 6.90. The van der Waals surface area contributed by atoms with Crippen LogP contribution in [0.3, 0.4) is 0 Å². The molecule has 2 heterocycles. The van der Waals surface area contributed by atoms with Crippen molar-refractivity contribution in [1.29, 1.82) is 0 Å². The molecule has 4 N–H and O–H groups in total. The number of aromatic nitrogens is 3. The number of benzene rings is 1. The van der Waals surface area contributed by atoms with Crippen LogP contribution in [-0.2, 0) is 15.1 Å². The molecule has 0 spiro atoms. The topological polar surface area (TPSA) is 170 Å². The molecule has 2 aliphatic rings. The van der Waals surface area contributed by atoms with Crippen molar-refractivity contribution < 1.29 is 28.4 Å². The van der Waals surface area contributed by atoms with Crippen molar-refractivity contribution in [3.05, 3.63) is 41.9 Å². The summed E-state index contributed by atoms with van der Waals surface area (Å²) in [5.74, 6) is 0.784. The van der Waals surface area contributed by atoms with E-state index in [0.29, 0.717) is 47.2 Å². The van der Waals surface area contributed by atoms with E-state index in [1.165, 1.54) is 13.3 Å². The monoisotopic (exact) mass is 599 g/mol. The Morgan fingerprint density at radius 1 is 1.09 bits per heavy atom. The number of ether oxygens (including phenoxy) is 2. The Bertz CT molecular complexity index is 1590. The summed E-state index contributed by atoms with van der Waals surface area (Å²) in [5, 5.41) is 15.6. The minimum atomic E-state index is -0.763. The third-order valence-electron chi connectivity index (χ3n) is 6.90. The lowest BCUT2D eigenvalue weighted by molar-refractivity contribution is -0.117. The SMILES string of the molecule is BC(B)(B)NC(=O)c1cnc(NC(=O)C2CC2)cc1Nc1cccc(-c2nc(C3(NC(=O)OC(C)(C)C)CC3)no2)c1OC. The van der Waals surface area contributed by atoms with Crippen LogP contribution in [0.15, 0.2) is 35.0 Å². The fourth-order valence-corrected chi connectivity index (χ4v) is 4.51. The van der Waals surface area contributed by atoms with E-state index >= 15 is 0 Å². The Morgan fingerprint density at radius 3 is 2.43 bits per heavy atom. The smallest absolute Gasteiger partial charge is 0.408 e. The van der Waals surface area contributed by atoms with Crippen LogP contribution in [0.25, 0.3) is 11.5 Å². The molecule has 2 aliphatic carbocycles. The highest BCUT2D eigenvalue weighted by Crippen LogP contribution is 2.46. The molecule has 0 radical (unpaired) electrons. The first-order valence-electron chi connectivity index (χ1n) is 14.6.